The van der Waals surface area contributed by atoms with Crippen molar-refractivity contribution in [1.82, 2.24) is 14.8 Å². The van der Waals surface area contributed by atoms with Gasteiger partial charge in [-0.2, -0.15) is 18.2 Å². The van der Waals surface area contributed by atoms with Gasteiger partial charge in [-0.05, 0) is 55.2 Å². The maximum absolute atomic E-state index is 13.3. The third-order valence-corrected chi connectivity index (χ3v) is 5.73. The molecule has 1 aromatic heterocycles. The zero-order valence-corrected chi connectivity index (χ0v) is 21.1. The monoisotopic (exact) mass is 502 g/mol. The molecule has 2 aromatic carbocycles. The number of halogens is 3. The molecule has 1 amide bonds. The predicted molar refractivity (Wildman–Crippen MR) is 134 cm³/mol. The zero-order valence-electron chi connectivity index (χ0n) is 21.1. The van der Waals surface area contributed by atoms with Crippen LogP contribution in [0.25, 0.3) is 17.1 Å². The van der Waals surface area contributed by atoms with Crippen LogP contribution in [0.4, 0.5) is 18.9 Å². The molecule has 0 aliphatic heterocycles. The van der Waals surface area contributed by atoms with Crippen molar-refractivity contribution >= 4 is 11.6 Å². The lowest BCUT2D eigenvalue weighted by atomic mass is 9.98. The number of aromatic nitrogens is 3. The molecule has 3 aromatic rings. The lowest BCUT2D eigenvalue weighted by Crippen LogP contribution is -2.22. The normalized spacial score (nSPS) is 12.6. The van der Waals surface area contributed by atoms with Crippen molar-refractivity contribution in [3.8, 4) is 23.1 Å². The molecule has 3 rings (SSSR count). The highest BCUT2D eigenvalue weighted by atomic mass is 19.4. The minimum atomic E-state index is -4.48. The summed E-state index contributed by atoms with van der Waals surface area (Å²) in [6.07, 6.45) is -0.840. The molecule has 0 fully saturated rings. The molecule has 1 heterocycles. The first-order valence-electron chi connectivity index (χ1n) is 12.3. The van der Waals surface area contributed by atoms with Gasteiger partial charge in [0, 0.05) is 17.2 Å². The first kappa shape index (κ1) is 27.2. The second-order valence-electron chi connectivity index (χ2n) is 9.20. The molecule has 0 saturated heterocycles. The number of nitrogens with one attached hydrogen (secondary N) is 1. The number of anilines is 1. The van der Waals surface area contributed by atoms with Crippen LogP contribution in [-0.2, 0) is 11.0 Å². The number of alkyl halides is 3. The van der Waals surface area contributed by atoms with Crippen LogP contribution in [0, 0.1) is 11.8 Å². The summed E-state index contributed by atoms with van der Waals surface area (Å²) in [6, 6.07) is 12.0. The van der Waals surface area contributed by atoms with E-state index in [0.717, 1.165) is 37.8 Å². The molecule has 0 spiro atoms. The van der Waals surface area contributed by atoms with Gasteiger partial charge < -0.3 is 10.1 Å². The topological polar surface area (TPSA) is 69.0 Å². The maximum Gasteiger partial charge on any atom is 0.416 e. The predicted octanol–water partition coefficient (Wildman–Crippen LogP) is 7.14. The molecule has 0 bridgehead atoms. The fourth-order valence-corrected chi connectivity index (χ4v) is 3.70. The molecular weight excluding hydrogens is 469 g/mol. The number of hydrogen-bond acceptors (Lipinski definition) is 4. The Labute approximate surface area is 209 Å². The van der Waals surface area contributed by atoms with E-state index in [0.29, 0.717) is 18.0 Å². The molecule has 0 radical (unpaired) electrons. The Kier molecular flexibility index (Phi) is 9.12. The van der Waals surface area contributed by atoms with Crippen LogP contribution in [0.5, 0.6) is 6.01 Å². The Bertz CT molecular complexity index is 1140. The molecule has 36 heavy (non-hydrogen) atoms. The Morgan fingerprint density at radius 1 is 1.11 bits per heavy atom. The summed E-state index contributed by atoms with van der Waals surface area (Å²) >= 11 is 0. The number of amides is 1. The molecule has 1 atom stereocenters. The number of carbonyl (C=O) groups excluding carboxylic acids is 1. The maximum atomic E-state index is 13.3. The molecule has 194 valence electrons. The van der Waals surface area contributed by atoms with E-state index >= 15 is 0 Å². The lowest BCUT2D eigenvalue weighted by Gasteiger charge is -2.15. The minimum Gasteiger partial charge on any atom is -0.462 e. The lowest BCUT2D eigenvalue weighted by molar-refractivity contribution is -0.137. The summed E-state index contributed by atoms with van der Waals surface area (Å²) in [5, 5.41) is 7.36. The highest BCUT2D eigenvalue weighted by Gasteiger charge is 2.31. The van der Waals surface area contributed by atoms with E-state index < -0.39 is 11.7 Å². The van der Waals surface area contributed by atoms with Gasteiger partial charge in [0.2, 0.25) is 5.91 Å². The van der Waals surface area contributed by atoms with Gasteiger partial charge in [-0.3, -0.25) is 4.79 Å². The number of carbonyl (C=O) groups is 1. The van der Waals surface area contributed by atoms with Gasteiger partial charge in [0.05, 0.1) is 17.9 Å². The standard InChI is InChI=1S/C27H33F3N4O2/c1-5-7-9-19(6-2)25(35)31-22-12-14-23(15-13-22)34-24(32-26(33-34)36-17-18(3)4)20-10-8-11-21(16-20)27(28,29)30/h8,10-16,18-19H,5-7,9,17H2,1-4H3,(H,31,35). The fourth-order valence-electron chi connectivity index (χ4n) is 3.70. The second-order valence-corrected chi connectivity index (χ2v) is 9.20. The van der Waals surface area contributed by atoms with Gasteiger partial charge in [-0.1, -0.05) is 52.7 Å². The van der Waals surface area contributed by atoms with E-state index in [2.05, 4.69) is 22.3 Å². The van der Waals surface area contributed by atoms with Crippen molar-refractivity contribution in [3.05, 3.63) is 54.1 Å². The van der Waals surface area contributed by atoms with Crippen molar-refractivity contribution in [1.29, 1.82) is 0 Å². The highest BCUT2D eigenvalue weighted by Crippen LogP contribution is 2.33. The molecule has 1 N–H and O–H groups in total. The van der Waals surface area contributed by atoms with Gasteiger partial charge in [0.25, 0.3) is 0 Å². The largest absolute Gasteiger partial charge is 0.462 e. The summed E-state index contributed by atoms with van der Waals surface area (Å²) in [5.74, 6) is 0.380. The minimum absolute atomic E-state index is 0.0199. The molecule has 0 aliphatic rings. The molecule has 9 heteroatoms. The van der Waals surface area contributed by atoms with Crippen LogP contribution in [0.15, 0.2) is 48.5 Å². The third-order valence-electron chi connectivity index (χ3n) is 5.73. The molecule has 0 saturated carbocycles. The Morgan fingerprint density at radius 2 is 1.83 bits per heavy atom. The highest BCUT2D eigenvalue weighted by molar-refractivity contribution is 5.92. The number of hydrogen-bond donors (Lipinski definition) is 1. The third kappa shape index (κ3) is 7.08. The Morgan fingerprint density at radius 3 is 2.44 bits per heavy atom. The average molecular weight is 503 g/mol. The van der Waals surface area contributed by atoms with Crippen LogP contribution in [0.1, 0.15) is 58.9 Å². The first-order valence-corrected chi connectivity index (χ1v) is 12.3. The van der Waals surface area contributed by atoms with Crippen molar-refractivity contribution in [2.24, 2.45) is 11.8 Å². The second kappa shape index (κ2) is 12.1. The quantitative estimate of drug-likeness (QED) is 0.302. The van der Waals surface area contributed by atoms with Crippen LogP contribution < -0.4 is 10.1 Å². The Balaban J connectivity index is 1.91. The number of benzene rings is 2. The summed E-state index contributed by atoms with van der Waals surface area (Å²) in [5.41, 5.74) is 0.697. The SMILES string of the molecule is CCCCC(CC)C(=O)Nc1ccc(-n2nc(OCC(C)C)nc2-c2cccc(C(F)(F)F)c2)cc1. The summed E-state index contributed by atoms with van der Waals surface area (Å²) in [4.78, 5) is 17.0. The van der Waals surface area contributed by atoms with Crippen molar-refractivity contribution in [2.75, 3.05) is 11.9 Å². The van der Waals surface area contributed by atoms with E-state index in [1.165, 1.54) is 10.7 Å². The van der Waals surface area contributed by atoms with E-state index in [1.807, 2.05) is 20.8 Å². The Hall–Kier alpha value is -3.36. The average Bonchev–Trinajstić information content (AvgIpc) is 3.28. The summed E-state index contributed by atoms with van der Waals surface area (Å²) in [7, 11) is 0. The zero-order chi connectivity index (χ0) is 26.3. The van der Waals surface area contributed by atoms with Gasteiger partial charge in [-0.25, -0.2) is 4.68 Å². The number of ether oxygens (including phenoxy) is 1. The fraction of sp³-hybridized carbons (Fsp3) is 0.444. The van der Waals surface area contributed by atoms with Gasteiger partial charge in [-0.15, -0.1) is 5.10 Å². The number of unbranched alkanes of at least 4 members (excludes halogenated alkanes) is 1. The van der Waals surface area contributed by atoms with Crippen molar-refractivity contribution < 1.29 is 22.7 Å². The van der Waals surface area contributed by atoms with Gasteiger partial charge in [0.1, 0.15) is 0 Å². The smallest absolute Gasteiger partial charge is 0.416 e. The van der Waals surface area contributed by atoms with E-state index in [4.69, 9.17) is 4.74 Å². The molecule has 0 aliphatic carbocycles. The van der Waals surface area contributed by atoms with Crippen LogP contribution >= 0.6 is 0 Å². The van der Waals surface area contributed by atoms with Crippen LogP contribution in [-0.4, -0.2) is 27.3 Å². The van der Waals surface area contributed by atoms with E-state index in [1.54, 1.807) is 30.3 Å². The van der Waals surface area contributed by atoms with E-state index in [9.17, 15) is 18.0 Å². The van der Waals surface area contributed by atoms with E-state index in [-0.39, 0.29) is 35.1 Å². The van der Waals surface area contributed by atoms with Gasteiger partial charge >= 0.3 is 12.2 Å². The van der Waals surface area contributed by atoms with Crippen LogP contribution in [0.3, 0.4) is 0 Å². The van der Waals surface area contributed by atoms with Crippen molar-refractivity contribution in [3.63, 3.8) is 0 Å². The van der Waals surface area contributed by atoms with Crippen LogP contribution in [0.2, 0.25) is 0 Å². The summed E-state index contributed by atoms with van der Waals surface area (Å²) in [6.45, 7) is 8.42. The number of nitrogens with zero attached hydrogens (tertiary/aromatic N) is 3. The molecule has 1 unspecified atom stereocenters. The summed E-state index contributed by atoms with van der Waals surface area (Å²) < 4.78 is 47.1. The first-order chi connectivity index (χ1) is 17.1. The van der Waals surface area contributed by atoms with Gasteiger partial charge in [0.15, 0.2) is 5.82 Å². The molecular formula is C27H33F3N4O2. The molecule has 6 nitrogen and oxygen atoms in total. The number of rotatable bonds is 11. The van der Waals surface area contributed by atoms with Crippen molar-refractivity contribution in [2.45, 2.75) is 59.6 Å².